The first-order valence-electron chi connectivity index (χ1n) is 7.52. The maximum atomic E-state index is 12.2. The minimum atomic E-state index is -3.75. The lowest BCUT2D eigenvalue weighted by Gasteiger charge is -2.08. The smallest absolute Gasteiger partial charge is 0.267 e. The molecule has 8 nitrogen and oxygen atoms in total. The molecule has 0 heterocycles. The molecule has 1 amide bonds. The van der Waals surface area contributed by atoms with Gasteiger partial charge in [-0.2, -0.15) is 5.26 Å². The summed E-state index contributed by atoms with van der Waals surface area (Å²) in [5.41, 5.74) is 6.94. The molecule has 0 spiro atoms. The van der Waals surface area contributed by atoms with Crippen LogP contribution in [0.15, 0.2) is 59.1 Å². The molecule has 0 saturated heterocycles. The SMILES string of the molecule is N#C/C(=C/NCc1ccc(S(N)(=O)=O)cc1)C(=O)Nc1ccc(N)cc1Cl. The number of nitrogen functional groups attached to an aromatic ring is 1. The molecule has 0 saturated carbocycles. The Hall–Kier alpha value is -3.06. The Morgan fingerprint density at radius 1 is 1.22 bits per heavy atom. The molecule has 10 heteroatoms. The zero-order chi connectivity index (χ0) is 20.0. The van der Waals surface area contributed by atoms with Gasteiger partial charge >= 0.3 is 0 Å². The maximum absolute atomic E-state index is 12.2. The molecule has 0 radical (unpaired) electrons. The fourth-order valence-electron chi connectivity index (χ4n) is 2.04. The van der Waals surface area contributed by atoms with Crippen LogP contribution in [0.4, 0.5) is 11.4 Å². The van der Waals surface area contributed by atoms with Crippen molar-refractivity contribution in [3.05, 3.63) is 64.8 Å². The fraction of sp³-hybridized carbons (Fsp3) is 0.0588. The van der Waals surface area contributed by atoms with Gasteiger partial charge in [0.15, 0.2) is 0 Å². The van der Waals surface area contributed by atoms with E-state index in [1.807, 2.05) is 0 Å². The van der Waals surface area contributed by atoms with Gasteiger partial charge in [0.25, 0.3) is 5.91 Å². The number of rotatable bonds is 6. The summed E-state index contributed by atoms with van der Waals surface area (Å²) in [6, 6.07) is 12.3. The van der Waals surface area contributed by atoms with Gasteiger partial charge in [0.05, 0.1) is 15.6 Å². The number of amides is 1. The molecule has 140 valence electrons. The van der Waals surface area contributed by atoms with E-state index in [-0.39, 0.29) is 22.0 Å². The van der Waals surface area contributed by atoms with Gasteiger partial charge in [0.1, 0.15) is 11.6 Å². The number of carbonyl (C=O) groups excluding carboxylic acids is 1. The van der Waals surface area contributed by atoms with Crippen molar-refractivity contribution >= 4 is 38.9 Å². The molecule has 0 aromatic heterocycles. The van der Waals surface area contributed by atoms with Gasteiger partial charge in [-0.3, -0.25) is 4.79 Å². The van der Waals surface area contributed by atoms with Gasteiger partial charge in [0.2, 0.25) is 10.0 Å². The summed E-state index contributed by atoms with van der Waals surface area (Å²) in [5, 5.41) is 19.8. The molecule has 0 aliphatic heterocycles. The number of nitriles is 1. The summed E-state index contributed by atoms with van der Waals surface area (Å²) in [6.07, 6.45) is 1.26. The molecule has 0 fully saturated rings. The minimum Gasteiger partial charge on any atom is -0.399 e. The number of hydrogen-bond donors (Lipinski definition) is 4. The normalized spacial score (nSPS) is 11.5. The van der Waals surface area contributed by atoms with Gasteiger partial charge in [-0.1, -0.05) is 23.7 Å². The van der Waals surface area contributed by atoms with Crippen LogP contribution in [0.3, 0.4) is 0 Å². The summed E-state index contributed by atoms with van der Waals surface area (Å²) in [4.78, 5) is 12.2. The molecule has 6 N–H and O–H groups in total. The highest BCUT2D eigenvalue weighted by molar-refractivity contribution is 7.89. The first kappa shape index (κ1) is 20.3. The molecule has 0 unspecified atom stereocenters. The van der Waals surface area contributed by atoms with Gasteiger partial charge in [-0.05, 0) is 35.9 Å². The van der Waals surface area contributed by atoms with E-state index >= 15 is 0 Å². The van der Waals surface area contributed by atoms with Crippen LogP contribution in [0.2, 0.25) is 5.02 Å². The number of anilines is 2. The molecule has 2 aromatic carbocycles. The molecular weight excluding hydrogens is 390 g/mol. The number of nitrogens with two attached hydrogens (primary N) is 2. The topological polar surface area (TPSA) is 151 Å². The van der Waals surface area contributed by atoms with Crippen molar-refractivity contribution in [2.24, 2.45) is 5.14 Å². The average molecular weight is 406 g/mol. The van der Waals surface area contributed by atoms with E-state index in [9.17, 15) is 13.2 Å². The van der Waals surface area contributed by atoms with Crippen molar-refractivity contribution < 1.29 is 13.2 Å². The Morgan fingerprint density at radius 2 is 1.89 bits per heavy atom. The number of nitrogens with zero attached hydrogens (tertiary/aromatic N) is 1. The third-order valence-electron chi connectivity index (χ3n) is 3.41. The number of benzene rings is 2. The Balaban J connectivity index is 2.01. The van der Waals surface area contributed by atoms with Crippen LogP contribution < -0.4 is 21.5 Å². The highest BCUT2D eigenvalue weighted by Gasteiger charge is 2.11. The molecular formula is C17H16ClN5O3S. The first-order chi connectivity index (χ1) is 12.7. The van der Waals surface area contributed by atoms with E-state index in [1.54, 1.807) is 24.3 Å². The number of halogens is 1. The molecule has 0 aliphatic carbocycles. The predicted molar refractivity (Wildman–Crippen MR) is 103 cm³/mol. The van der Waals surface area contributed by atoms with Crippen molar-refractivity contribution in [2.75, 3.05) is 11.1 Å². The maximum Gasteiger partial charge on any atom is 0.267 e. The lowest BCUT2D eigenvalue weighted by Crippen LogP contribution is -2.17. The van der Waals surface area contributed by atoms with Crippen molar-refractivity contribution in [3.63, 3.8) is 0 Å². The Labute approximate surface area is 161 Å². The molecule has 0 bridgehead atoms. The van der Waals surface area contributed by atoms with Crippen LogP contribution in [0.5, 0.6) is 0 Å². The predicted octanol–water partition coefficient (Wildman–Crippen LogP) is 1.71. The van der Waals surface area contributed by atoms with E-state index in [1.165, 1.54) is 30.5 Å². The quantitative estimate of drug-likeness (QED) is 0.326. The van der Waals surface area contributed by atoms with Gasteiger partial charge in [-0.15, -0.1) is 0 Å². The first-order valence-corrected chi connectivity index (χ1v) is 9.45. The number of nitrogens with one attached hydrogen (secondary N) is 2. The largest absolute Gasteiger partial charge is 0.399 e. The van der Waals surface area contributed by atoms with Crippen molar-refractivity contribution in [1.29, 1.82) is 5.26 Å². The number of hydrogen-bond acceptors (Lipinski definition) is 6. The summed E-state index contributed by atoms with van der Waals surface area (Å²) in [7, 11) is -3.75. The van der Waals surface area contributed by atoms with Gasteiger partial charge in [0, 0.05) is 18.4 Å². The van der Waals surface area contributed by atoms with E-state index < -0.39 is 15.9 Å². The molecule has 0 atom stereocenters. The number of carbonyl (C=O) groups is 1. The second kappa shape index (κ2) is 8.55. The Kier molecular flexibility index (Phi) is 6.41. The standard InChI is InChI=1S/C17H16ClN5O3S/c18-15-7-13(20)3-6-16(15)23-17(24)12(8-19)10-22-9-11-1-4-14(5-2-11)27(21,25)26/h1-7,10,22H,9,20H2,(H,23,24)(H2,21,25,26)/b12-10-. The second-order valence-electron chi connectivity index (χ2n) is 5.43. The molecule has 2 aromatic rings. The Bertz CT molecular complexity index is 1030. The van der Waals surface area contributed by atoms with E-state index in [0.717, 1.165) is 5.56 Å². The van der Waals surface area contributed by atoms with Crippen LogP contribution in [0.25, 0.3) is 0 Å². The van der Waals surface area contributed by atoms with E-state index in [4.69, 9.17) is 27.7 Å². The zero-order valence-corrected chi connectivity index (χ0v) is 15.5. The summed E-state index contributed by atoms with van der Waals surface area (Å²) in [5.74, 6) is -0.638. The highest BCUT2D eigenvalue weighted by atomic mass is 35.5. The van der Waals surface area contributed by atoms with Crippen LogP contribution in [-0.2, 0) is 21.4 Å². The Morgan fingerprint density at radius 3 is 2.44 bits per heavy atom. The van der Waals surface area contributed by atoms with Crippen molar-refractivity contribution in [1.82, 2.24) is 5.32 Å². The lowest BCUT2D eigenvalue weighted by molar-refractivity contribution is -0.112. The minimum absolute atomic E-state index is 0.000685. The lowest BCUT2D eigenvalue weighted by atomic mass is 10.2. The zero-order valence-electron chi connectivity index (χ0n) is 13.9. The van der Waals surface area contributed by atoms with E-state index in [2.05, 4.69) is 10.6 Å². The molecule has 2 rings (SSSR count). The summed E-state index contributed by atoms with van der Waals surface area (Å²) in [6.45, 7) is 0.270. The fourth-order valence-corrected chi connectivity index (χ4v) is 2.79. The number of sulfonamides is 1. The van der Waals surface area contributed by atoms with Crippen LogP contribution in [-0.4, -0.2) is 14.3 Å². The van der Waals surface area contributed by atoms with Gasteiger partial charge in [-0.25, -0.2) is 13.6 Å². The van der Waals surface area contributed by atoms with Crippen LogP contribution in [0.1, 0.15) is 5.56 Å². The van der Waals surface area contributed by atoms with Gasteiger partial charge < -0.3 is 16.4 Å². The summed E-state index contributed by atoms with van der Waals surface area (Å²) < 4.78 is 22.4. The number of primary sulfonamides is 1. The van der Waals surface area contributed by atoms with Crippen LogP contribution in [0, 0.1) is 11.3 Å². The molecule has 0 aliphatic rings. The third kappa shape index (κ3) is 5.72. The third-order valence-corrected chi connectivity index (χ3v) is 4.65. The summed E-state index contributed by atoms with van der Waals surface area (Å²) >= 11 is 5.99. The average Bonchev–Trinajstić information content (AvgIpc) is 2.60. The van der Waals surface area contributed by atoms with Crippen molar-refractivity contribution in [3.8, 4) is 6.07 Å². The highest BCUT2D eigenvalue weighted by Crippen LogP contribution is 2.24. The monoisotopic (exact) mass is 405 g/mol. The van der Waals surface area contributed by atoms with Crippen LogP contribution >= 0.6 is 11.6 Å². The van der Waals surface area contributed by atoms with Crippen molar-refractivity contribution in [2.45, 2.75) is 11.4 Å². The molecule has 27 heavy (non-hydrogen) atoms. The second-order valence-corrected chi connectivity index (χ2v) is 7.40. The van der Waals surface area contributed by atoms with E-state index in [0.29, 0.717) is 11.4 Å².